The molecule has 1 aromatic heterocycles. The SMILES string of the molecule is Cc1ccc(-c2cc(Cl)c3ccc(C(=O)N4CCNCC4)cc3n2)cc1. The molecule has 1 fully saturated rings. The van der Waals surface area contributed by atoms with Crippen molar-refractivity contribution in [2.75, 3.05) is 26.2 Å². The quantitative estimate of drug-likeness (QED) is 0.749. The fraction of sp³-hybridized carbons (Fsp3) is 0.238. The summed E-state index contributed by atoms with van der Waals surface area (Å²) in [6.45, 7) is 5.18. The Labute approximate surface area is 157 Å². The maximum absolute atomic E-state index is 12.8. The maximum Gasteiger partial charge on any atom is 0.254 e. The fourth-order valence-electron chi connectivity index (χ4n) is 3.24. The molecule has 132 valence electrons. The Hall–Kier alpha value is -2.43. The number of carbonyl (C=O) groups excluding carboxylic acids is 1. The van der Waals surface area contributed by atoms with Crippen molar-refractivity contribution < 1.29 is 4.79 Å². The molecule has 2 aromatic carbocycles. The number of benzene rings is 2. The summed E-state index contributed by atoms with van der Waals surface area (Å²) in [5.41, 5.74) is 4.43. The van der Waals surface area contributed by atoms with Crippen LogP contribution in [0.25, 0.3) is 22.2 Å². The number of hydrogen-bond acceptors (Lipinski definition) is 3. The highest BCUT2D eigenvalue weighted by molar-refractivity contribution is 6.35. The number of fused-ring (bicyclic) bond motifs is 1. The number of aromatic nitrogens is 1. The van der Waals surface area contributed by atoms with E-state index in [1.54, 1.807) is 0 Å². The van der Waals surface area contributed by atoms with Crippen molar-refractivity contribution in [3.8, 4) is 11.3 Å². The molecule has 1 amide bonds. The Bertz CT molecular complexity index is 963. The number of halogens is 1. The minimum Gasteiger partial charge on any atom is -0.336 e. The summed E-state index contributed by atoms with van der Waals surface area (Å²) in [6.07, 6.45) is 0. The van der Waals surface area contributed by atoms with E-state index < -0.39 is 0 Å². The number of pyridine rings is 1. The van der Waals surface area contributed by atoms with Gasteiger partial charge in [0.15, 0.2) is 0 Å². The molecular weight excluding hydrogens is 346 g/mol. The molecule has 0 radical (unpaired) electrons. The molecule has 0 spiro atoms. The Morgan fingerprint density at radius 1 is 1.08 bits per heavy atom. The number of rotatable bonds is 2. The molecule has 5 heteroatoms. The summed E-state index contributed by atoms with van der Waals surface area (Å²) in [6, 6.07) is 15.6. The van der Waals surface area contributed by atoms with Crippen molar-refractivity contribution in [1.82, 2.24) is 15.2 Å². The third kappa shape index (κ3) is 3.30. The zero-order valence-corrected chi connectivity index (χ0v) is 15.4. The molecule has 1 saturated heterocycles. The first-order chi connectivity index (χ1) is 12.6. The first-order valence-electron chi connectivity index (χ1n) is 8.79. The van der Waals surface area contributed by atoms with Gasteiger partial charge >= 0.3 is 0 Å². The van der Waals surface area contributed by atoms with E-state index in [1.807, 2.05) is 41.3 Å². The number of carbonyl (C=O) groups is 1. The normalized spacial score (nSPS) is 14.6. The van der Waals surface area contributed by atoms with Crippen molar-refractivity contribution in [2.24, 2.45) is 0 Å². The largest absolute Gasteiger partial charge is 0.336 e. The zero-order chi connectivity index (χ0) is 18.1. The third-order valence-electron chi connectivity index (χ3n) is 4.76. The molecule has 0 bridgehead atoms. The van der Waals surface area contributed by atoms with Gasteiger partial charge in [0, 0.05) is 42.7 Å². The van der Waals surface area contributed by atoms with Crippen LogP contribution in [0.4, 0.5) is 0 Å². The first-order valence-corrected chi connectivity index (χ1v) is 9.17. The lowest BCUT2D eigenvalue weighted by molar-refractivity contribution is 0.0736. The second kappa shape index (κ2) is 7.06. The van der Waals surface area contributed by atoms with Gasteiger partial charge in [0.2, 0.25) is 0 Å². The molecule has 0 aliphatic carbocycles. The van der Waals surface area contributed by atoms with E-state index in [1.165, 1.54) is 5.56 Å². The average Bonchev–Trinajstić information content (AvgIpc) is 2.68. The van der Waals surface area contributed by atoms with E-state index in [9.17, 15) is 4.79 Å². The number of aryl methyl sites for hydroxylation is 1. The molecule has 4 rings (SSSR count). The third-order valence-corrected chi connectivity index (χ3v) is 5.07. The first kappa shape index (κ1) is 17.0. The molecule has 1 aliphatic heterocycles. The van der Waals surface area contributed by atoms with Gasteiger partial charge in [-0.3, -0.25) is 4.79 Å². The monoisotopic (exact) mass is 365 g/mol. The molecule has 26 heavy (non-hydrogen) atoms. The van der Waals surface area contributed by atoms with Gasteiger partial charge in [-0.2, -0.15) is 0 Å². The van der Waals surface area contributed by atoms with Crippen LogP contribution in [0, 0.1) is 6.92 Å². The molecule has 0 atom stereocenters. The van der Waals surface area contributed by atoms with Crippen LogP contribution < -0.4 is 5.32 Å². The van der Waals surface area contributed by atoms with E-state index in [0.717, 1.165) is 48.3 Å². The van der Waals surface area contributed by atoms with Crippen LogP contribution in [0.1, 0.15) is 15.9 Å². The van der Waals surface area contributed by atoms with Gasteiger partial charge in [0.25, 0.3) is 5.91 Å². The van der Waals surface area contributed by atoms with E-state index in [2.05, 4.69) is 24.4 Å². The van der Waals surface area contributed by atoms with Gasteiger partial charge in [-0.15, -0.1) is 0 Å². The molecule has 3 aromatic rings. The van der Waals surface area contributed by atoms with Crippen LogP contribution in [0.5, 0.6) is 0 Å². The molecule has 1 aliphatic rings. The minimum absolute atomic E-state index is 0.0482. The summed E-state index contributed by atoms with van der Waals surface area (Å²) < 4.78 is 0. The highest BCUT2D eigenvalue weighted by Crippen LogP contribution is 2.29. The lowest BCUT2D eigenvalue weighted by Gasteiger charge is -2.27. The molecular formula is C21H20ClN3O. The highest BCUT2D eigenvalue weighted by atomic mass is 35.5. The number of amides is 1. The number of nitrogens with zero attached hydrogens (tertiary/aromatic N) is 2. The van der Waals surface area contributed by atoms with Gasteiger partial charge in [0.05, 0.1) is 16.2 Å². The van der Waals surface area contributed by atoms with E-state index >= 15 is 0 Å². The van der Waals surface area contributed by atoms with Gasteiger partial charge in [0.1, 0.15) is 0 Å². The predicted molar refractivity (Wildman–Crippen MR) is 106 cm³/mol. The van der Waals surface area contributed by atoms with E-state index in [4.69, 9.17) is 16.6 Å². The van der Waals surface area contributed by atoms with Crippen LogP contribution in [0.15, 0.2) is 48.5 Å². The average molecular weight is 366 g/mol. The summed E-state index contributed by atoms with van der Waals surface area (Å²) in [5, 5.41) is 4.77. The summed E-state index contributed by atoms with van der Waals surface area (Å²) in [5.74, 6) is 0.0482. The number of hydrogen-bond donors (Lipinski definition) is 1. The summed E-state index contributed by atoms with van der Waals surface area (Å²) in [4.78, 5) is 19.4. The number of nitrogens with one attached hydrogen (secondary N) is 1. The van der Waals surface area contributed by atoms with Crippen molar-refractivity contribution in [3.05, 3.63) is 64.7 Å². The minimum atomic E-state index is 0.0482. The Morgan fingerprint density at radius 3 is 2.54 bits per heavy atom. The molecule has 2 heterocycles. The highest BCUT2D eigenvalue weighted by Gasteiger charge is 2.18. The van der Waals surface area contributed by atoms with Crippen molar-refractivity contribution in [2.45, 2.75) is 6.92 Å². The predicted octanol–water partition coefficient (Wildman–Crippen LogP) is 3.91. The topological polar surface area (TPSA) is 45.2 Å². The standard InChI is InChI=1S/C21H20ClN3O/c1-14-2-4-15(5-3-14)19-13-18(22)17-7-6-16(12-20(17)24-19)21(26)25-10-8-23-9-11-25/h2-7,12-13,23H,8-11H2,1H3. The summed E-state index contributed by atoms with van der Waals surface area (Å²) >= 11 is 6.48. The van der Waals surface area contributed by atoms with Crippen LogP contribution >= 0.6 is 11.6 Å². The molecule has 4 nitrogen and oxygen atoms in total. The van der Waals surface area contributed by atoms with E-state index in [-0.39, 0.29) is 5.91 Å². The maximum atomic E-state index is 12.8. The molecule has 1 N–H and O–H groups in total. The van der Waals surface area contributed by atoms with Crippen LogP contribution in [0.2, 0.25) is 5.02 Å². The lowest BCUT2D eigenvalue weighted by atomic mass is 10.1. The van der Waals surface area contributed by atoms with Gasteiger partial charge < -0.3 is 10.2 Å². The molecule has 0 saturated carbocycles. The van der Waals surface area contributed by atoms with Crippen LogP contribution in [-0.4, -0.2) is 42.0 Å². The van der Waals surface area contributed by atoms with Gasteiger partial charge in [-0.1, -0.05) is 47.5 Å². The lowest BCUT2D eigenvalue weighted by Crippen LogP contribution is -2.46. The second-order valence-electron chi connectivity index (χ2n) is 6.63. The van der Waals surface area contributed by atoms with E-state index in [0.29, 0.717) is 10.6 Å². The van der Waals surface area contributed by atoms with Crippen LogP contribution in [-0.2, 0) is 0 Å². The fourth-order valence-corrected chi connectivity index (χ4v) is 3.50. The number of piperazine rings is 1. The van der Waals surface area contributed by atoms with Crippen LogP contribution in [0.3, 0.4) is 0 Å². The van der Waals surface area contributed by atoms with Crippen molar-refractivity contribution >= 4 is 28.4 Å². The zero-order valence-electron chi connectivity index (χ0n) is 14.6. The Kier molecular flexibility index (Phi) is 4.62. The summed E-state index contributed by atoms with van der Waals surface area (Å²) in [7, 11) is 0. The van der Waals surface area contributed by atoms with Crippen molar-refractivity contribution in [3.63, 3.8) is 0 Å². The van der Waals surface area contributed by atoms with Gasteiger partial charge in [-0.05, 0) is 25.1 Å². The Balaban J connectivity index is 1.74. The second-order valence-corrected chi connectivity index (χ2v) is 7.04. The van der Waals surface area contributed by atoms with Crippen molar-refractivity contribution in [1.29, 1.82) is 0 Å². The molecule has 0 unspecified atom stereocenters. The smallest absolute Gasteiger partial charge is 0.254 e. The Morgan fingerprint density at radius 2 is 1.81 bits per heavy atom. The van der Waals surface area contributed by atoms with Gasteiger partial charge in [-0.25, -0.2) is 4.98 Å².